The molecule has 2 aliphatic heterocycles. The predicted molar refractivity (Wildman–Crippen MR) is 101 cm³/mol. The Kier molecular flexibility index (Phi) is 9.84. The Balaban J connectivity index is 2.11. The lowest BCUT2D eigenvalue weighted by atomic mass is 9.92. The molecule has 6 N–H and O–H groups in total. The van der Waals surface area contributed by atoms with E-state index in [1.165, 1.54) is 6.92 Å². The molecule has 0 aromatic carbocycles. The molecule has 2 heterocycles. The van der Waals surface area contributed by atoms with E-state index < -0.39 is 67.5 Å². The summed E-state index contributed by atoms with van der Waals surface area (Å²) in [5.74, 6) is -0.0518. The second kappa shape index (κ2) is 11.4. The molecule has 11 atom stereocenters. The van der Waals surface area contributed by atoms with E-state index in [2.05, 4.69) is 0 Å². The average molecular weight is 440 g/mol. The lowest BCUT2D eigenvalue weighted by Gasteiger charge is -2.45. The van der Waals surface area contributed by atoms with Crippen LogP contribution in [0.3, 0.4) is 0 Å². The molecule has 11 heteroatoms. The van der Waals surface area contributed by atoms with E-state index in [1.54, 1.807) is 6.92 Å². The fraction of sp³-hybridized carbons (Fsp3) is 1.00. The zero-order valence-corrected chi connectivity index (χ0v) is 17.8. The average Bonchev–Trinajstić information content (AvgIpc) is 2.69. The SMILES string of the molecule is CC(C)C1OCC(OC2OCC(O)C(O)C2O)C(O)C1OC(O[C@H](C)CO)[C@H](C)O. The smallest absolute Gasteiger partial charge is 0.186 e. The van der Waals surface area contributed by atoms with Crippen LogP contribution in [0.5, 0.6) is 0 Å². The summed E-state index contributed by atoms with van der Waals surface area (Å²) in [7, 11) is 0. The summed E-state index contributed by atoms with van der Waals surface area (Å²) in [5, 5.41) is 59.7. The van der Waals surface area contributed by atoms with Crippen LogP contribution in [0, 0.1) is 5.92 Å². The van der Waals surface area contributed by atoms with Gasteiger partial charge in [-0.05, 0) is 19.8 Å². The van der Waals surface area contributed by atoms with Crippen molar-refractivity contribution in [3.8, 4) is 0 Å². The van der Waals surface area contributed by atoms with Gasteiger partial charge in [0.1, 0.15) is 42.7 Å². The third-order valence-corrected chi connectivity index (χ3v) is 5.22. The van der Waals surface area contributed by atoms with Crippen molar-refractivity contribution in [1.29, 1.82) is 0 Å². The number of aliphatic hydroxyl groups excluding tert-OH is 6. The molecule has 0 aliphatic carbocycles. The molecule has 0 aromatic rings. The maximum absolute atomic E-state index is 10.9. The quantitative estimate of drug-likeness (QED) is 0.214. The highest BCUT2D eigenvalue weighted by atomic mass is 16.7. The largest absolute Gasteiger partial charge is 0.394 e. The Bertz CT molecular complexity index is 505. The van der Waals surface area contributed by atoms with E-state index in [4.69, 9.17) is 23.7 Å². The minimum atomic E-state index is -1.51. The van der Waals surface area contributed by atoms with Gasteiger partial charge in [0.25, 0.3) is 0 Å². The van der Waals surface area contributed by atoms with Gasteiger partial charge in [0.05, 0.1) is 32.0 Å². The topological polar surface area (TPSA) is 168 Å². The van der Waals surface area contributed by atoms with Crippen molar-refractivity contribution >= 4 is 0 Å². The third-order valence-electron chi connectivity index (χ3n) is 5.22. The van der Waals surface area contributed by atoms with Crippen LogP contribution >= 0.6 is 0 Å². The van der Waals surface area contributed by atoms with Crippen molar-refractivity contribution in [2.75, 3.05) is 19.8 Å². The van der Waals surface area contributed by atoms with Gasteiger partial charge >= 0.3 is 0 Å². The Labute approximate surface area is 176 Å². The monoisotopic (exact) mass is 440 g/mol. The zero-order chi connectivity index (χ0) is 22.6. The summed E-state index contributed by atoms with van der Waals surface area (Å²) >= 11 is 0. The molecule has 0 bridgehead atoms. The van der Waals surface area contributed by atoms with Crippen LogP contribution in [0.25, 0.3) is 0 Å². The van der Waals surface area contributed by atoms with Gasteiger partial charge < -0.3 is 54.3 Å². The summed E-state index contributed by atoms with van der Waals surface area (Å²) in [4.78, 5) is 0. The molecule has 178 valence electrons. The van der Waals surface area contributed by atoms with Crippen molar-refractivity contribution in [3.63, 3.8) is 0 Å². The summed E-state index contributed by atoms with van der Waals surface area (Å²) in [6, 6.07) is 0. The van der Waals surface area contributed by atoms with Gasteiger partial charge in [-0.3, -0.25) is 0 Å². The maximum Gasteiger partial charge on any atom is 0.186 e. The van der Waals surface area contributed by atoms with Crippen LogP contribution in [0.4, 0.5) is 0 Å². The first-order valence-electron chi connectivity index (χ1n) is 10.3. The van der Waals surface area contributed by atoms with Crippen LogP contribution < -0.4 is 0 Å². The second-order valence-electron chi connectivity index (χ2n) is 8.30. The number of hydrogen-bond acceptors (Lipinski definition) is 11. The summed E-state index contributed by atoms with van der Waals surface area (Å²) in [6.07, 6.45) is -12.0. The molecule has 30 heavy (non-hydrogen) atoms. The number of hydrogen-bond donors (Lipinski definition) is 6. The summed E-state index contributed by atoms with van der Waals surface area (Å²) < 4.78 is 28.1. The molecule has 0 spiro atoms. The molecular formula is C19H36O11. The standard InChI is InChI=1S/C19H36O11/c1-8(2)16-17(30-18(10(4)21)28-9(3)5-20)14(24)12(7-26-16)29-19-15(25)13(23)11(22)6-27-19/h8-25H,5-7H2,1-4H3/t9-,10+,11?,12?,13?,14?,15?,16?,17?,18?,19?/m1/s1. The Morgan fingerprint density at radius 1 is 0.933 bits per heavy atom. The molecule has 9 unspecified atom stereocenters. The highest BCUT2D eigenvalue weighted by Gasteiger charge is 2.47. The zero-order valence-electron chi connectivity index (χ0n) is 17.8. The molecule has 2 aliphatic rings. The van der Waals surface area contributed by atoms with Crippen molar-refractivity contribution in [2.45, 2.75) is 95.2 Å². The first kappa shape index (κ1) is 25.8. The molecule has 0 saturated carbocycles. The van der Waals surface area contributed by atoms with Crippen LogP contribution in [0.2, 0.25) is 0 Å². The van der Waals surface area contributed by atoms with E-state index in [9.17, 15) is 30.6 Å². The molecule has 0 amide bonds. The van der Waals surface area contributed by atoms with Crippen LogP contribution in [0.15, 0.2) is 0 Å². The van der Waals surface area contributed by atoms with E-state index >= 15 is 0 Å². The van der Waals surface area contributed by atoms with Gasteiger partial charge in [-0.2, -0.15) is 0 Å². The number of rotatable bonds is 9. The lowest BCUT2D eigenvalue weighted by Crippen LogP contribution is -2.61. The number of aliphatic hydroxyl groups is 6. The Morgan fingerprint density at radius 2 is 1.60 bits per heavy atom. The van der Waals surface area contributed by atoms with Crippen molar-refractivity contribution < 1.29 is 54.3 Å². The fourth-order valence-corrected chi connectivity index (χ4v) is 3.41. The van der Waals surface area contributed by atoms with E-state index in [1.807, 2.05) is 13.8 Å². The molecule has 2 fully saturated rings. The minimum absolute atomic E-state index is 0.0254. The number of ether oxygens (including phenoxy) is 5. The minimum Gasteiger partial charge on any atom is -0.394 e. The van der Waals surface area contributed by atoms with Crippen molar-refractivity contribution in [2.24, 2.45) is 5.92 Å². The van der Waals surface area contributed by atoms with Gasteiger partial charge in [0, 0.05) is 0 Å². The summed E-state index contributed by atoms with van der Waals surface area (Å²) in [5.41, 5.74) is 0. The van der Waals surface area contributed by atoms with Gasteiger partial charge in [-0.1, -0.05) is 13.8 Å². The van der Waals surface area contributed by atoms with Crippen LogP contribution in [-0.2, 0) is 23.7 Å². The van der Waals surface area contributed by atoms with Crippen molar-refractivity contribution in [3.05, 3.63) is 0 Å². The second-order valence-corrected chi connectivity index (χ2v) is 8.30. The molecule has 2 saturated heterocycles. The molecule has 0 radical (unpaired) electrons. The molecule has 11 nitrogen and oxygen atoms in total. The molecular weight excluding hydrogens is 404 g/mol. The lowest BCUT2D eigenvalue weighted by molar-refractivity contribution is -0.330. The molecule has 2 rings (SSSR count). The van der Waals surface area contributed by atoms with Gasteiger partial charge in [-0.15, -0.1) is 0 Å². The van der Waals surface area contributed by atoms with Crippen molar-refractivity contribution in [1.82, 2.24) is 0 Å². The van der Waals surface area contributed by atoms with Crippen LogP contribution in [-0.4, -0.2) is 118 Å². The van der Waals surface area contributed by atoms with Gasteiger partial charge in [0.15, 0.2) is 12.6 Å². The Morgan fingerprint density at radius 3 is 2.17 bits per heavy atom. The van der Waals surface area contributed by atoms with E-state index in [0.29, 0.717) is 0 Å². The first-order valence-corrected chi connectivity index (χ1v) is 10.3. The molecule has 0 aromatic heterocycles. The van der Waals surface area contributed by atoms with E-state index in [0.717, 1.165) is 0 Å². The van der Waals surface area contributed by atoms with E-state index in [-0.39, 0.29) is 25.7 Å². The fourth-order valence-electron chi connectivity index (χ4n) is 3.41. The first-order chi connectivity index (χ1) is 14.1. The Hall–Kier alpha value is -0.440. The highest BCUT2D eigenvalue weighted by Crippen LogP contribution is 2.29. The van der Waals surface area contributed by atoms with Crippen LogP contribution in [0.1, 0.15) is 27.7 Å². The van der Waals surface area contributed by atoms with Gasteiger partial charge in [-0.25, -0.2) is 0 Å². The predicted octanol–water partition coefficient (Wildman–Crippen LogP) is -2.28. The third kappa shape index (κ3) is 6.30. The normalized spacial score (nSPS) is 40.9. The van der Waals surface area contributed by atoms with Gasteiger partial charge in [0.2, 0.25) is 0 Å². The summed E-state index contributed by atoms with van der Waals surface area (Å²) in [6.45, 7) is 6.30. The maximum atomic E-state index is 10.9. The highest BCUT2D eigenvalue weighted by molar-refractivity contribution is 4.92.